The Kier molecular flexibility index (Phi) is 8.06. The second kappa shape index (κ2) is 10.3. The van der Waals surface area contributed by atoms with Crippen LogP contribution in [-0.2, 0) is 0 Å². The zero-order valence-corrected chi connectivity index (χ0v) is 16.1. The van der Waals surface area contributed by atoms with Gasteiger partial charge in [-0.1, -0.05) is 19.8 Å². The Labute approximate surface area is 153 Å². The Hall–Kier alpha value is -1.75. The van der Waals surface area contributed by atoms with Gasteiger partial charge >= 0.3 is 6.03 Å². The van der Waals surface area contributed by atoms with Crippen molar-refractivity contribution in [1.29, 1.82) is 0 Å². The number of nitrogens with one attached hydrogen (secondary N) is 1. The average Bonchev–Trinajstić information content (AvgIpc) is 2.65. The summed E-state index contributed by atoms with van der Waals surface area (Å²) in [6.45, 7) is 13.3. The van der Waals surface area contributed by atoms with Gasteiger partial charge in [-0.2, -0.15) is 0 Å². The molecule has 1 N–H and O–H groups in total. The topological polar surface area (TPSA) is 38.8 Å². The molecule has 1 aromatic carbocycles. The van der Waals surface area contributed by atoms with E-state index in [1.54, 1.807) is 0 Å². The molecule has 1 saturated heterocycles. The molecule has 0 radical (unpaired) electrons. The van der Waals surface area contributed by atoms with Gasteiger partial charge in [0.15, 0.2) is 0 Å². The maximum Gasteiger partial charge on any atom is 0.321 e. The molecule has 1 heterocycles. The van der Waals surface area contributed by atoms with Crippen LogP contribution in [0, 0.1) is 0 Å². The van der Waals surface area contributed by atoms with Crippen LogP contribution < -0.4 is 10.2 Å². The molecule has 2 rings (SSSR count). The van der Waals surface area contributed by atoms with Gasteiger partial charge in [0.1, 0.15) is 0 Å². The smallest absolute Gasteiger partial charge is 0.321 e. The van der Waals surface area contributed by atoms with Gasteiger partial charge in [-0.25, -0.2) is 4.79 Å². The molecule has 0 unspecified atom stereocenters. The van der Waals surface area contributed by atoms with Crippen molar-refractivity contribution in [2.24, 2.45) is 0 Å². The van der Waals surface area contributed by atoms with Crippen LogP contribution in [0.4, 0.5) is 16.2 Å². The van der Waals surface area contributed by atoms with Gasteiger partial charge < -0.3 is 15.1 Å². The summed E-state index contributed by atoms with van der Waals surface area (Å²) in [5.41, 5.74) is 2.06. The summed E-state index contributed by atoms with van der Waals surface area (Å²) in [6, 6.07) is 8.16. The third kappa shape index (κ3) is 5.92. The quantitative estimate of drug-likeness (QED) is 0.726. The number of unbranched alkanes of at least 4 members (excludes halogenated alkanes) is 2. The molecule has 0 spiro atoms. The molecular formula is C20H34N4O. The molecular weight excluding hydrogens is 312 g/mol. The molecule has 1 aliphatic heterocycles. The van der Waals surface area contributed by atoms with Gasteiger partial charge in [0.05, 0.1) is 0 Å². The lowest BCUT2D eigenvalue weighted by Crippen LogP contribution is -2.50. The van der Waals surface area contributed by atoms with E-state index in [4.69, 9.17) is 0 Å². The van der Waals surface area contributed by atoms with Gasteiger partial charge in [0, 0.05) is 50.6 Å². The van der Waals surface area contributed by atoms with E-state index < -0.39 is 0 Å². The van der Waals surface area contributed by atoms with Gasteiger partial charge in [0.25, 0.3) is 0 Å². The minimum atomic E-state index is 0.0174. The van der Waals surface area contributed by atoms with E-state index in [1.165, 1.54) is 24.9 Å². The van der Waals surface area contributed by atoms with E-state index in [0.29, 0.717) is 0 Å². The van der Waals surface area contributed by atoms with E-state index in [2.05, 4.69) is 48.0 Å². The first-order chi connectivity index (χ1) is 12.2. The Morgan fingerprint density at radius 3 is 2.20 bits per heavy atom. The van der Waals surface area contributed by atoms with Crippen LogP contribution in [0.2, 0.25) is 0 Å². The maximum atomic E-state index is 12.5. The van der Waals surface area contributed by atoms with Crippen molar-refractivity contribution >= 4 is 17.4 Å². The summed E-state index contributed by atoms with van der Waals surface area (Å²) in [5.74, 6) is 0. The number of carbonyl (C=O) groups is 1. The summed E-state index contributed by atoms with van der Waals surface area (Å²) in [7, 11) is 0. The molecule has 1 aromatic rings. The van der Waals surface area contributed by atoms with E-state index in [1.807, 2.05) is 17.0 Å². The predicted octanol–water partition coefficient (Wildman–Crippen LogP) is 3.87. The number of hydrogen-bond acceptors (Lipinski definition) is 3. The number of benzene rings is 1. The summed E-state index contributed by atoms with van der Waals surface area (Å²) in [4.78, 5) is 19.1. The maximum absolute atomic E-state index is 12.5. The largest absolute Gasteiger partial charge is 0.372 e. The lowest BCUT2D eigenvalue weighted by molar-refractivity contribution is 0.146. The molecule has 0 aliphatic carbocycles. The Balaban J connectivity index is 1.78. The van der Waals surface area contributed by atoms with Crippen LogP contribution in [0.3, 0.4) is 0 Å². The van der Waals surface area contributed by atoms with Crippen LogP contribution >= 0.6 is 0 Å². The lowest BCUT2D eigenvalue weighted by Gasteiger charge is -2.34. The molecule has 5 heteroatoms. The van der Waals surface area contributed by atoms with Gasteiger partial charge in [-0.05, 0) is 51.1 Å². The second-order valence-electron chi connectivity index (χ2n) is 6.69. The van der Waals surface area contributed by atoms with Crippen LogP contribution in [0.1, 0.15) is 40.0 Å². The molecule has 0 aromatic heterocycles. The Bertz CT molecular complexity index is 505. The van der Waals surface area contributed by atoms with E-state index in [-0.39, 0.29) is 6.03 Å². The minimum absolute atomic E-state index is 0.0174. The predicted molar refractivity (Wildman–Crippen MR) is 107 cm³/mol. The fourth-order valence-electron chi connectivity index (χ4n) is 3.31. The zero-order valence-electron chi connectivity index (χ0n) is 16.1. The third-order valence-electron chi connectivity index (χ3n) is 4.98. The number of amides is 2. The number of rotatable bonds is 8. The van der Waals surface area contributed by atoms with Crippen LogP contribution in [-0.4, -0.2) is 61.6 Å². The van der Waals surface area contributed by atoms with Crippen molar-refractivity contribution in [3.05, 3.63) is 24.3 Å². The SMILES string of the molecule is CCCCCN1CCN(C(=O)Nc2ccc(N(CC)CC)cc2)CC1. The molecule has 140 valence electrons. The van der Waals surface area contributed by atoms with Crippen molar-refractivity contribution in [3.8, 4) is 0 Å². The van der Waals surface area contributed by atoms with Gasteiger partial charge in [-0.3, -0.25) is 4.90 Å². The van der Waals surface area contributed by atoms with Crippen molar-refractivity contribution in [2.75, 3.05) is 56.0 Å². The highest BCUT2D eigenvalue weighted by molar-refractivity contribution is 5.89. The van der Waals surface area contributed by atoms with Crippen molar-refractivity contribution in [3.63, 3.8) is 0 Å². The molecule has 0 saturated carbocycles. The first kappa shape index (κ1) is 19.6. The van der Waals surface area contributed by atoms with Gasteiger partial charge in [-0.15, -0.1) is 0 Å². The minimum Gasteiger partial charge on any atom is -0.372 e. The Morgan fingerprint density at radius 2 is 1.64 bits per heavy atom. The van der Waals surface area contributed by atoms with E-state index in [9.17, 15) is 4.79 Å². The number of piperazine rings is 1. The van der Waals surface area contributed by atoms with Crippen LogP contribution in [0.5, 0.6) is 0 Å². The van der Waals surface area contributed by atoms with E-state index >= 15 is 0 Å². The van der Waals surface area contributed by atoms with E-state index in [0.717, 1.165) is 51.5 Å². The fourth-order valence-corrected chi connectivity index (χ4v) is 3.31. The first-order valence-corrected chi connectivity index (χ1v) is 9.81. The molecule has 1 fully saturated rings. The van der Waals surface area contributed by atoms with Gasteiger partial charge in [0.2, 0.25) is 0 Å². The molecule has 0 bridgehead atoms. The molecule has 5 nitrogen and oxygen atoms in total. The van der Waals surface area contributed by atoms with Crippen LogP contribution in [0.25, 0.3) is 0 Å². The zero-order chi connectivity index (χ0) is 18.1. The number of anilines is 2. The average molecular weight is 347 g/mol. The summed E-state index contributed by atoms with van der Waals surface area (Å²) in [5, 5.41) is 3.03. The molecule has 1 aliphatic rings. The van der Waals surface area contributed by atoms with Crippen molar-refractivity contribution < 1.29 is 4.79 Å². The monoisotopic (exact) mass is 346 g/mol. The number of nitrogens with zero attached hydrogens (tertiary/aromatic N) is 3. The highest BCUT2D eigenvalue weighted by Crippen LogP contribution is 2.18. The first-order valence-electron chi connectivity index (χ1n) is 9.81. The highest BCUT2D eigenvalue weighted by Gasteiger charge is 2.20. The normalized spacial score (nSPS) is 15.2. The number of urea groups is 1. The number of carbonyl (C=O) groups excluding carboxylic acids is 1. The Morgan fingerprint density at radius 1 is 1.00 bits per heavy atom. The summed E-state index contributed by atoms with van der Waals surface area (Å²) >= 11 is 0. The van der Waals surface area contributed by atoms with Crippen LogP contribution in [0.15, 0.2) is 24.3 Å². The summed E-state index contributed by atoms with van der Waals surface area (Å²) in [6.07, 6.45) is 3.82. The summed E-state index contributed by atoms with van der Waals surface area (Å²) < 4.78 is 0. The standard InChI is InChI=1S/C20H34N4O/c1-4-7-8-13-22-14-16-24(17-15-22)20(25)21-18-9-11-19(12-10-18)23(5-2)6-3/h9-12H,4-8,13-17H2,1-3H3,(H,21,25). The lowest BCUT2D eigenvalue weighted by atomic mass is 10.2. The van der Waals surface area contributed by atoms with Crippen molar-refractivity contribution in [2.45, 2.75) is 40.0 Å². The second-order valence-corrected chi connectivity index (χ2v) is 6.69. The number of hydrogen-bond donors (Lipinski definition) is 1. The highest BCUT2D eigenvalue weighted by atomic mass is 16.2. The molecule has 2 amide bonds. The molecule has 25 heavy (non-hydrogen) atoms. The fraction of sp³-hybridized carbons (Fsp3) is 0.650. The van der Waals surface area contributed by atoms with Crippen molar-refractivity contribution in [1.82, 2.24) is 9.80 Å². The third-order valence-corrected chi connectivity index (χ3v) is 4.98. The molecule has 0 atom stereocenters.